The number of carboxylic acid groups (broad SMARTS) is 1. The molecule has 0 aromatic heterocycles. The number of amides is 1. The summed E-state index contributed by atoms with van der Waals surface area (Å²) >= 11 is 0. The number of carbonyl (C=O) groups is 2. The third kappa shape index (κ3) is 4.49. The van der Waals surface area contributed by atoms with Crippen LogP contribution < -0.4 is 4.74 Å². The lowest BCUT2D eigenvalue weighted by Crippen LogP contribution is -2.33. The van der Waals surface area contributed by atoms with Gasteiger partial charge in [-0.3, -0.25) is 9.59 Å². The Morgan fingerprint density at radius 1 is 1.40 bits per heavy atom. The van der Waals surface area contributed by atoms with Crippen LogP contribution in [0.25, 0.3) is 0 Å². The van der Waals surface area contributed by atoms with E-state index < -0.39 is 24.4 Å². The molecule has 1 aromatic rings. The van der Waals surface area contributed by atoms with E-state index in [4.69, 9.17) is 5.11 Å². The van der Waals surface area contributed by atoms with E-state index in [9.17, 15) is 18.4 Å². The van der Waals surface area contributed by atoms with Gasteiger partial charge in [0.1, 0.15) is 5.75 Å². The highest BCUT2D eigenvalue weighted by atomic mass is 19.3. The molecule has 0 aliphatic carbocycles. The Morgan fingerprint density at radius 3 is 2.60 bits per heavy atom. The number of ether oxygens (including phenoxy) is 1. The fraction of sp³-hybridized carbons (Fsp3) is 0.385. The van der Waals surface area contributed by atoms with E-state index >= 15 is 0 Å². The molecule has 0 saturated heterocycles. The highest BCUT2D eigenvalue weighted by Gasteiger charge is 2.19. The Balaban J connectivity index is 2.78. The summed E-state index contributed by atoms with van der Waals surface area (Å²) in [5, 5.41) is 8.79. The van der Waals surface area contributed by atoms with E-state index in [1.807, 2.05) is 0 Å². The lowest BCUT2D eigenvalue weighted by atomic mass is 10.1. The molecule has 0 spiro atoms. The highest BCUT2D eigenvalue weighted by molar-refractivity contribution is 5.94. The summed E-state index contributed by atoms with van der Waals surface area (Å²) < 4.78 is 28.4. The molecular weight excluding hydrogens is 272 g/mol. The monoisotopic (exact) mass is 287 g/mol. The van der Waals surface area contributed by atoms with Crippen LogP contribution in [0.4, 0.5) is 8.78 Å². The first kappa shape index (κ1) is 15.9. The maximum atomic E-state index is 12.1. The maximum absolute atomic E-state index is 12.1. The lowest BCUT2D eigenvalue weighted by Gasteiger charge is -2.19. The van der Waals surface area contributed by atoms with Crippen molar-refractivity contribution in [3.63, 3.8) is 0 Å². The first-order valence-electron chi connectivity index (χ1n) is 5.84. The quantitative estimate of drug-likeness (QED) is 0.870. The minimum atomic E-state index is -2.97. The van der Waals surface area contributed by atoms with Gasteiger partial charge in [0.05, 0.1) is 5.92 Å². The van der Waals surface area contributed by atoms with Crippen LogP contribution >= 0.6 is 0 Å². The zero-order chi connectivity index (χ0) is 15.3. The van der Waals surface area contributed by atoms with Gasteiger partial charge in [-0.2, -0.15) is 8.78 Å². The zero-order valence-corrected chi connectivity index (χ0v) is 11.0. The van der Waals surface area contributed by atoms with Gasteiger partial charge in [-0.25, -0.2) is 0 Å². The Morgan fingerprint density at radius 2 is 2.05 bits per heavy atom. The molecule has 0 bridgehead atoms. The van der Waals surface area contributed by atoms with Crippen molar-refractivity contribution in [1.82, 2.24) is 4.90 Å². The van der Waals surface area contributed by atoms with Gasteiger partial charge in [0.2, 0.25) is 0 Å². The Kier molecular flexibility index (Phi) is 5.42. The van der Waals surface area contributed by atoms with Crippen LogP contribution in [0, 0.1) is 5.92 Å². The molecule has 1 unspecified atom stereocenters. The Bertz CT molecular complexity index is 493. The number of rotatable bonds is 6. The summed E-state index contributed by atoms with van der Waals surface area (Å²) in [4.78, 5) is 24.0. The van der Waals surface area contributed by atoms with E-state index in [-0.39, 0.29) is 17.9 Å². The van der Waals surface area contributed by atoms with Crippen molar-refractivity contribution in [3.8, 4) is 5.75 Å². The van der Waals surface area contributed by atoms with Gasteiger partial charge in [0.15, 0.2) is 0 Å². The van der Waals surface area contributed by atoms with Crippen molar-refractivity contribution in [2.75, 3.05) is 13.6 Å². The minimum absolute atomic E-state index is 0.0219. The molecule has 20 heavy (non-hydrogen) atoms. The van der Waals surface area contributed by atoms with Crippen molar-refractivity contribution in [3.05, 3.63) is 29.8 Å². The molecule has 7 heteroatoms. The van der Waals surface area contributed by atoms with Crippen LogP contribution in [0.1, 0.15) is 17.3 Å². The van der Waals surface area contributed by atoms with Crippen LogP contribution in [-0.2, 0) is 4.79 Å². The zero-order valence-electron chi connectivity index (χ0n) is 11.0. The number of halogens is 2. The molecule has 0 aliphatic heterocycles. The molecule has 110 valence electrons. The number of hydrogen-bond donors (Lipinski definition) is 1. The van der Waals surface area contributed by atoms with E-state index in [0.717, 1.165) is 0 Å². The van der Waals surface area contributed by atoms with Crippen LogP contribution in [0.2, 0.25) is 0 Å². The molecule has 0 saturated carbocycles. The summed E-state index contributed by atoms with van der Waals surface area (Å²) in [6.07, 6.45) is 0. The number of alkyl halides is 2. The molecule has 0 heterocycles. The predicted octanol–water partition coefficient (Wildman–Crippen LogP) is 2.08. The average molecular weight is 287 g/mol. The third-order valence-electron chi connectivity index (χ3n) is 2.62. The number of hydrogen-bond acceptors (Lipinski definition) is 3. The highest BCUT2D eigenvalue weighted by Crippen LogP contribution is 2.17. The molecular formula is C13H15F2NO4. The smallest absolute Gasteiger partial charge is 0.387 e. The summed E-state index contributed by atoms with van der Waals surface area (Å²) in [5.41, 5.74) is 0.156. The van der Waals surface area contributed by atoms with Crippen LogP contribution in [-0.4, -0.2) is 42.1 Å². The molecule has 1 aromatic carbocycles. The second-order valence-electron chi connectivity index (χ2n) is 4.33. The lowest BCUT2D eigenvalue weighted by molar-refractivity contribution is -0.141. The molecule has 0 radical (unpaired) electrons. The fourth-order valence-electron chi connectivity index (χ4n) is 1.60. The molecule has 1 amide bonds. The van der Waals surface area contributed by atoms with Gasteiger partial charge in [0.25, 0.3) is 5.91 Å². The van der Waals surface area contributed by atoms with E-state index in [1.165, 1.54) is 43.1 Å². The largest absolute Gasteiger partial charge is 0.481 e. The molecule has 5 nitrogen and oxygen atoms in total. The SMILES string of the molecule is CC(CN(C)C(=O)c1cccc(OC(F)F)c1)C(=O)O. The normalized spacial score (nSPS) is 12.1. The minimum Gasteiger partial charge on any atom is -0.481 e. The van der Waals surface area contributed by atoms with Crippen LogP contribution in [0.15, 0.2) is 24.3 Å². The van der Waals surface area contributed by atoms with Gasteiger partial charge in [-0.05, 0) is 18.2 Å². The van der Waals surface area contributed by atoms with Gasteiger partial charge >= 0.3 is 12.6 Å². The van der Waals surface area contributed by atoms with E-state index in [0.29, 0.717) is 0 Å². The number of benzene rings is 1. The summed E-state index contributed by atoms with van der Waals surface area (Å²) in [6.45, 7) is -1.47. The number of carboxylic acids is 1. The van der Waals surface area contributed by atoms with Crippen molar-refractivity contribution in [2.45, 2.75) is 13.5 Å². The van der Waals surface area contributed by atoms with Crippen LogP contribution in [0.5, 0.6) is 5.75 Å². The average Bonchev–Trinajstić information content (AvgIpc) is 2.37. The predicted molar refractivity (Wildman–Crippen MR) is 66.8 cm³/mol. The van der Waals surface area contributed by atoms with Gasteiger partial charge < -0.3 is 14.7 Å². The van der Waals surface area contributed by atoms with Gasteiger partial charge in [0, 0.05) is 19.2 Å². The first-order valence-corrected chi connectivity index (χ1v) is 5.84. The van der Waals surface area contributed by atoms with Crippen molar-refractivity contribution >= 4 is 11.9 Å². The topological polar surface area (TPSA) is 66.8 Å². The second kappa shape index (κ2) is 6.83. The molecule has 1 rings (SSSR count). The van der Waals surface area contributed by atoms with Crippen LogP contribution in [0.3, 0.4) is 0 Å². The van der Waals surface area contributed by atoms with E-state index in [1.54, 1.807) is 0 Å². The van der Waals surface area contributed by atoms with E-state index in [2.05, 4.69) is 4.74 Å². The fourth-order valence-corrected chi connectivity index (χ4v) is 1.60. The van der Waals surface area contributed by atoms with Crippen molar-refractivity contribution in [1.29, 1.82) is 0 Å². The summed E-state index contributed by atoms with van der Waals surface area (Å²) in [6, 6.07) is 5.36. The number of carbonyl (C=O) groups excluding carboxylic acids is 1. The first-order chi connectivity index (χ1) is 9.31. The Labute approximate surface area is 114 Å². The molecule has 1 atom stereocenters. The summed E-state index contributed by atoms with van der Waals surface area (Å²) in [7, 11) is 1.45. The Hall–Kier alpha value is -2.18. The number of nitrogens with zero attached hydrogens (tertiary/aromatic N) is 1. The number of aliphatic carboxylic acids is 1. The third-order valence-corrected chi connectivity index (χ3v) is 2.62. The van der Waals surface area contributed by atoms with Crippen molar-refractivity contribution < 1.29 is 28.2 Å². The standard InChI is InChI=1S/C13H15F2NO4/c1-8(12(18)19)7-16(2)11(17)9-4-3-5-10(6-9)20-13(14)15/h3-6,8,13H,7H2,1-2H3,(H,18,19). The van der Waals surface area contributed by atoms with Crippen molar-refractivity contribution in [2.24, 2.45) is 5.92 Å². The molecule has 0 fully saturated rings. The molecule has 0 aliphatic rings. The maximum Gasteiger partial charge on any atom is 0.387 e. The molecule has 1 N–H and O–H groups in total. The van der Waals surface area contributed by atoms with Gasteiger partial charge in [-0.15, -0.1) is 0 Å². The summed E-state index contributed by atoms with van der Waals surface area (Å²) in [5.74, 6) is -2.31. The van der Waals surface area contributed by atoms with Gasteiger partial charge in [-0.1, -0.05) is 13.0 Å². The second-order valence-corrected chi connectivity index (χ2v) is 4.33.